The van der Waals surface area contributed by atoms with Gasteiger partial charge >= 0.3 is 0 Å². The first kappa shape index (κ1) is 28.3. The van der Waals surface area contributed by atoms with Crippen LogP contribution in [0.5, 0.6) is 0 Å². The van der Waals surface area contributed by atoms with Crippen molar-refractivity contribution >= 4 is 45.2 Å². The number of carbonyl (C=O) groups is 2. The lowest BCUT2D eigenvalue weighted by Crippen LogP contribution is -2.64. The van der Waals surface area contributed by atoms with Crippen molar-refractivity contribution in [3.63, 3.8) is 0 Å². The van der Waals surface area contributed by atoms with E-state index in [4.69, 9.17) is 11.6 Å². The number of nitrogens with zero attached hydrogens (tertiary/aromatic N) is 2. The van der Waals surface area contributed by atoms with Crippen LogP contribution < -0.4 is 10.6 Å². The number of hydrogen-bond acceptors (Lipinski definition) is 4. The van der Waals surface area contributed by atoms with Crippen molar-refractivity contribution in [1.29, 1.82) is 5.26 Å². The number of para-hydroxylation sites is 1. The second-order valence-corrected chi connectivity index (χ2v) is 11.2. The number of fused-ring (bicyclic) bond motifs is 2. The van der Waals surface area contributed by atoms with Gasteiger partial charge in [0.25, 0.3) is 0 Å². The van der Waals surface area contributed by atoms with E-state index in [1.165, 1.54) is 6.92 Å². The maximum Gasteiger partial charge on any atom is 0.232 e. The topological polar surface area (TPSA) is 117 Å². The van der Waals surface area contributed by atoms with Crippen LogP contribution in [0.4, 0.5) is 0 Å². The third kappa shape index (κ3) is 5.18. The van der Waals surface area contributed by atoms with Gasteiger partial charge < -0.3 is 20.6 Å². The van der Waals surface area contributed by atoms with Crippen LogP contribution in [0.25, 0.3) is 21.8 Å². The second kappa shape index (κ2) is 11.8. The maximum atomic E-state index is 14.8. The number of nitriles is 1. The van der Waals surface area contributed by atoms with Crippen molar-refractivity contribution in [2.24, 2.45) is 0 Å². The molecule has 0 saturated heterocycles. The standard InChI is InChI=1S/C34H31ClN6O2/c1-22(42)40-34(41-15-7-2-8-16-41,28-21-38-30-12-6-4-10-25(28)30)32(33(43)39-19-24-9-3-5-11-29(24)35)27-20-37-31-14-13-23(18-36)17-26(27)31/h2-7,9-14,17,20-21,32,37-38H,8,15-16,19H2,1H3,(H,39,43)(H,40,42). The molecule has 1 aliphatic heterocycles. The van der Waals surface area contributed by atoms with Gasteiger partial charge in [-0.25, -0.2) is 0 Å². The van der Waals surface area contributed by atoms with Gasteiger partial charge in [0.15, 0.2) is 0 Å². The number of nitrogens with one attached hydrogen (secondary N) is 4. The molecular formula is C34H31ClN6O2. The number of rotatable bonds is 8. The fourth-order valence-electron chi connectivity index (χ4n) is 6.28. The van der Waals surface area contributed by atoms with Crippen molar-refractivity contribution in [1.82, 2.24) is 25.5 Å². The Bertz CT molecular complexity index is 1900. The molecule has 216 valence electrons. The third-order valence-electron chi connectivity index (χ3n) is 8.17. The van der Waals surface area contributed by atoms with Crippen molar-refractivity contribution in [3.8, 4) is 6.07 Å². The molecule has 5 aromatic rings. The highest BCUT2D eigenvalue weighted by Crippen LogP contribution is 2.46. The van der Waals surface area contributed by atoms with Crippen LogP contribution in [-0.4, -0.2) is 39.8 Å². The van der Waals surface area contributed by atoms with Crippen LogP contribution in [0, 0.1) is 11.3 Å². The molecule has 0 spiro atoms. The van der Waals surface area contributed by atoms with E-state index in [1.54, 1.807) is 18.2 Å². The molecule has 4 N–H and O–H groups in total. The average molecular weight is 591 g/mol. The summed E-state index contributed by atoms with van der Waals surface area (Å²) in [6.45, 7) is 2.80. The molecule has 0 bridgehead atoms. The number of carbonyl (C=O) groups excluding carboxylic acids is 2. The summed E-state index contributed by atoms with van der Waals surface area (Å²) >= 11 is 6.46. The van der Waals surface area contributed by atoms with E-state index >= 15 is 0 Å². The van der Waals surface area contributed by atoms with E-state index in [1.807, 2.05) is 60.9 Å². The molecule has 0 fully saturated rings. The Hall–Kier alpha value is -4.84. The number of H-pyrrole nitrogens is 2. The van der Waals surface area contributed by atoms with Crippen LogP contribution >= 0.6 is 11.6 Å². The molecule has 0 radical (unpaired) electrons. The number of benzene rings is 3. The van der Waals surface area contributed by atoms with Gasteiger partial charge in [-0.05, 0) is 47.9 Å². The summed E-state index contributed by atoms with van der Waals surface area (Å²) in [5, 5.41) is 18.4. The zero-order valence-electron chi connectivity index (χ0n) is 23.7. The van der Waals surface area contributed by atoms with Crippen LogP contribution in [0.2, 0.25) is 5.02 Å². The number of aromatic amines is 2. The monoisotopic (exact) mass is 590 g/mol. The van der Waals surface area contributed by atoms with E-state index in [-0.39, 0.29) is 18.4 Å². The summed E-state index contributed by atoms with van der Waals surface area (Å²) < 4.78 is 0. The Labute approximate surface area is 254 Å². The van der Waals surface area contributed by atoms with Crippen molar-refractivity contribution in [2.45, 2.75) is 31.5 Å². The Morgan fingerprint density at radius 1 is 1.02 bits per heavy atom. The summed E-state index contributed by atoms with van der Waals surface area (Å²) in [7, 11) is 0. The minimum absolute atomic E-state index is 0.199. The third-order valence-corrected chi connectivity index (χ3v) is 8.54. The van der Waals surface area contributed by atoms with Gasteiger partial charge in [-0.1, -0.05) is 60.2 Å². The molecule has 6 rings (SSSR count). The molecule has 9 heteroatoms. The van der Waals surface area contributed by atoms with E-state index in [2.05, 4.69) is 43.7 Å². The smallest absolute Gasteiger partial charge is 0.232 e. The zero-order valence-corrected chi connectivity index (χ0v) is 24.4. The van der Waals surface area contributed by atoms with Gasteiger partial charge in [0.1, 0.15) is 11.6 Å². The molecule has 43 heavy (non-hydrogen) atoms. The number of aromatic nitrogens is 2. The number of hydrogen-bond donors (Lipinski definition) is 4. The lowest BCUT2D eigenvalue weighted by atomic mass is 9.77. The van der Waals surface area contributed by atoms with E-state index < -0.39 is 11.6 Å². The number of amides is 2. The Kier molecular flexibility index (Phi) is 7.76. The first-order chi connectivity index (χ1) is 20.9. The Balaban J connectivity index is 1.62. The Morgan fingerprint density at radius 2 is 1.79 bits per heavy atom. The lowest BCUT2D eigenvalue weighted by Gasteiger charge is -2.49. The van der Waals surface area contributed by atoms with Gasteiger partial charge in [-0.2, -0.15) is 5.26 Å². The minimum atomic E-state index is -1.31. The molecule has 2 atom stereocenters. The van der Waals surface area contributed by atoms with E-state index in [0.717, 1.165) is 39.4 Å². The van der Waals surface area contributed by atoms with Crippen LogP contribution in [-0.2, 0) is 21.8 Å². The molecule has 3 heterocycles. The quantitative estimate of drug-likeness (QED) is 0.170. The van der Waals surface area contributed by atoms with E-state index in [9.17, 15) is 14.9 Å². The minimum Gasteiger partial charge on any atom is -0.361 e. The van der Waals surface area contributed by atoms with Gasteiger partial charge in [0, 0.05) is 71.3 Å². The van der Waals surface area contributed by atoms with Crippen molar-refractivity contribution in [2.75, 3.05) is 13.1 Å². The molecule has 2 amide bonds. The first-order valence-electron chi connectivity index (χ1n) is 14.2. The van der Waals surface area contributed by atoms with Gasteiger partial charge in [-0.15, -0.1) is 0 Å². The summed E-state index contributed by atoms with van der Waals surface area (Å²) in [6.07, 6.45) is 8.64. The van der Waals surface area contributed by atoms with Gasteiger partial charge in [-0.3, -0.25) is 14.5 Å². The maximum absolute atomic E-state index is 14.8. The molecular weight excluding hydrogens is 560 g/mol. The average Bonchev–Trinajstić information content (AvgIpc) is 3.65. The largest absolute Gasteiger partial charge is 0.361 e. The molecule has 0 aliphatic carbocycles. The highest BCUT2D eigenvalue weighted by Gasteiger charge is 2.52. The lowest BCUT2D eigenvalue weighted by molar-refractivity contribution is -0.132. The molecule has 2 unspecified atom stereocenters. The molecule has 8 nitrogen and oxygen atoms in total. The fraction of sp³-hybridized carbons (Fsp3) is 0.206. The van der Waals surface area contributed by atoms with Crippen LogP contribution in [0.3, 0.4) is 0 Å². The predicted octanol–water partition coefficient (Wildman–Crippen LogP) is 5.83. The van der Waals surface area contributed by atoms with Crippen LogP contribution in [0.15, 0.2) is 91.3 Å². The predicted molar refractivity (Wildman–Crippen MR) is 168 cm³/mol. The van der Waals surface area contributed by atoms with Crippen LogP contribution in [0.1, 0.15) is 41.5 Å². The second-order valence-electron chi connectivity index (χ2n) is 10.8. The summed E-state index contributed by atoms with van der Waals surface area (Å²) in [4.78, 5) is 36.9. The highest BCUT2D eigenvalue weighted by molar-refractivity contribution is 6.31. The summed E-state index contributed by atoms with van der Waals surface area (Å²) in [5.74, 6) is -1.51. The first-order valence-corrected chi connectivity index (χ1v) is 14.6. The normalized spacial score (nSPS) is 15.6. The van der Waals surface area contributed by atoms with Crippen molar-refractivity contribution < 1.29 is 9.59 Å². The van der Waals surface area contributed by atoms with Crippen molar-refractivity contribution in [3.05, 3.63) is 119 Å². The zero-order chi connectivity index (χ0) is 30.0. The SMILES string of the molecule is CC(=O)NC(c1c[nH]c2ccccc12)(C(C(=O)NCc1ccccc1Cl)c1c[nH]c2ccc(C#N)cc12)N1CC=CCC1. The molecule has 0 saturated carbocycles. The summed E-state index contributed by atoms with van der Waals surface area (Å²) in [6, 6.07) is 22.8. The van der Waals surface area contributed by atoms with Gasteiger partial charge in [0.05, 0.1) is 11.6 Å². The molecule has 3 aromatic carbocycles. The van der Waals surface area contributed by atoms with Gasteiger partial charge in [0.2, 0.25) is 11.8 Å². The molecule has 1 aliphatic rings. The molecule has 2 aromatic heterocycles. The summed E-state index contributed by atoms with van der Waals surface area (Å²) in [5.41, 5.74) is 3.06. The van der Waals surface area contributed by atoms with E-state index in [0.29, 0.717) is 29.2 Å². The Morgan fingerprint density at radius 3 is 2.56 bits per heavy atom. The fourth-order valence-corrected chi connectivity index (χ4v) is 6.48. The highest BCUT2D eigenvalue weighted by atomic mass is 35.5. The number of halogens is 1.